The number of carbonyl (C=O) groups is 1. The van der Waals surface area contributed by atoms with Crippen molar-refractivity contribution in [2.24, 2.45) is 0 Å². The number of amides is 1. The lowest BCUT2D eigenvalue weighted by atomic mass is 10.0. The van der Waals surface area contributed by atoms with Crippen LogP contribution in [-0.4, -0.2) is 43.7 Å². The predicted octanol–water partition coefficient (Wildman–Crippen LogP) is 5.11. The average molecular weight is 433 g/mol. The number of carbonyl (C=O) groups excluding carboxylic acids is 1. The van der Waals surface area contributed by atoms with E-state index in [1.807, 2.05) is 24.3 Å². The highest BCUT2D eigenvalue weighted by atomic mass is 19.4. The van der Waals surface area contributed by atoms with Crippen LogP contribution in [0.4, 0.5) is 18.9 Å². The Kier molecular flexibility index (Phi) is 7.18. The lowest BCUT2D eigenvalue weighted by Crippen LogP contribution is -2.50. The molecule has 0 aliphatic carbocycles. The van der Waals surface area contributed by atoms with Crippen LogP contribution >= 0.6 is 0 Å². The molecule has 31 heavy (non-hydrogen) atoms. The van der Waals surface area contributed by atoms with Crippen LogP contribution in [0.1, 0.15) is 29.5 Å². The Labute approximate surface area is 180 Å². The standard InChI is InChI=1S/C24H27F3N2O2/c1-29(2,22-12-14-31-15-13-22)17-19-6-9-21(10-7-19)28-23(30)11-8-18-4-3-5-20(16-18)24(25,26)27/h3-11,16,22H,12-15,17H2,1-2H3/p+1. The minimum atomic E-state index is -4.41. The summed E-state index contributed by atoms with van der Waals surface area (Å²) in [6, 6.07) is 13.1. The largest absolute Gasteiger partial charge is 0.416 e. The van der Waals surface area contributed by atoms with E-state index in [1.54, 1.807) is 0 Å². The highest BCUT2D eigenvalue weighted by Crippen LogP contribution is 2.29. The molecule has 1 fully saturated rings. The Morgan fingerprint density at radius 2 is 1.81 bits per heavy atom. The molecule has 166 valence electrons. The third-order valence-electron chi connectivity index (χ3n) is 5.63. The number of anilines is 1. The highest BCUT2D eigenvalue weighted by molar-refractivity contribution is 6.01. The maximum atomic E-state index is 12.8. The zero-order chi connectivity index (χ0) is 22.5. The van der Waals surface area contributed by atoms with Gasteiger partial charge in [0.2, 0.25) is 5.91 Å². The Balaban J connectivity index is 1.57. The maximum Gasteiger partial charge on any atom is 0.416 e. The van der Waals surface area contributed by atoms with Crippen LogP contribution in [0.15, 0.2) is 54.6 Å². The molecule has 1 N–H and O–H groups in total. The number of nitrogens with one attached hydrogen (secondary N) is 1. The van der Waals surface area contributed by atoms with Crippen LogP contribution in [0.3, 0.4) is 0 Å². The number of quaternary nitrogens is 1. The topological polar surface area (TPSA) is 38.3 Å². The van der Waals surface area contributed by atoms with Crippen LogP contribution in [0.2, 0.25) is 0 Å². The molecule has 1 heterocycles. The minimum absolute atomic E-state index is 0.313. The Bertz CT molecular complexity index is 915. The van der Waals surface area contributed by atoms with Gasteiger partial charge in [-0.05, 0) is 35.9 Å². The molecule has 0 spiro atoms. The van der Waals surface area contributed by atoms with Crippen molar-refractivity contribution in [2.75, 3.05) is 32.6 Å². The van der Waals surface area contributed by atoms with Gasteiger partial charge in [-0.3, -0.25) is 4.79 Å². The Morgan fingerprint density at radius 3 is 2.45 bits per heavy atom. The highest BCUT2D eigenvalue weighted by Gasteiger charge is 2.31. The summed E-state index contributed by atoms with van der Waals surface area (Å²) in [5.74, 6) is -0.400. The van der Waals surface area contributed by atoms with E-state index in [0.717, 1.165) is 49.2 Å². The number of hydrogen-bond donors (Lipinski definition) is 1. The van der Waals surface area contributed by atoms with Crippen molar-refractivity contribution in [2.45, 2.75) is 31.6 Å². The first-order valence-corrected chi connectivity index (χ1v) is 10.3. The van der Waals surface area contributed by atoms with Gasteiger partial charge in [0.05, 0.1) is 38.9 Å². The van der Waals surface area contributed by atoms with Crippen molar-refractivity contribution in [1.29, 1.82) is 0 Å². The number of halogens is 3. The van der Waals surface area contributed by atoms with Crippen molar-refractivity contribution >= 4 is 17.7 Å². The second kappa shape index (κ2) is 9.66. The Morgan fingerprint density at radius 1 is 1.13 bits per heavy atom. The fourth-order valence-electron chi connectivity index (χ4n) is 3.85. The molecule has 0 aromatic heterocycles. The molecule has 4 nitrogen and oxygen atoms in total. The van der Waals surface area contributed by atoms with Gasteiger partial charge in [-0.25, -0.2) is 0 Å². The number of alkyl halides is 3. The summed E-state index contributed by atoms with van der Waals surface area (Å²) in [5, 5.41) is 2.74. The van der Waals surface area contributed by atoms with Gasteiger partial charge in [-0.1, -0.05) is 24.3 Å². The molecule has 0 saturated carbocycles. The fraction of sp³-hybridized carbons (Fsp3) is 0.375. The molecule has 1 amide bonds. The van der Waals surface area contributed by atoms with Gasteiger partial charge in [-0.15, -0.1) is 0 Å². The number of nitrogens with zero attached hydrogens (tertiary/aromatic N) is 1. The van der Waals surface area contributed by atoms with E-state index in [0.29, 0.717) is 17.3 Å². The first-order chi connectivity index (χ1) is 14.6. The quantitative estimate of drug-likeness (QED) is 0.508. The van der Waals surface area contributed by atoms with Crippen molar-refractivity contribution in [3.8, 4) is 0 Å². The molecule has 0 atom stereocenters. The first kappa shape index (κ1) is 23.0. The summed E-state index contributed by atoms with van der Waals surface area (Å²) in [4.78, 5) is 12.2. The molecule has 3 rings (SSSR count). The molecular weight excluding hydrogens is 405 g/mol. The van der Waals surface area contributed by atoms with Crippen LogP contribution < -0.4 is 5.32 Å². The van der Waals surface area contributed by atoms with Gasteiger partial charge in [0.15, 0.2) is 0 Å². The van der Waals surface area contributed by atoms with E-state index < -0.39 is 17.6 Å². The van der Waals surface area contributed by atoms with E-state index in [9.17, 15) is 18.0 Å². The molecular formula is C24H28F3N2O2+. The second-order valence-electron chi connectivity index (χ2n) is 8.42. The van der Waals surface area contributed by atoms with Crippen molar-refractivity contribution < 1.29 is 27.2 Å². The minimum Gasteiger partial charge on any atom is -0.381 e. The summed E-state index contributed by atoms with van der Waals surface area (Å²) >= 11 is 0. The molecule has 1 saturated heterocycles. The molecule has 0 radical (unpaired) electrons. The molecule has 0 bridgehead atoms. The fourth-order valence-corrected chi connectivity index (χ4v) is 3.85. The predicted molar refractivity (Wildman–Crippen MR) is 115 cm³/mol. The number of benzene rings is 2. The van der Waals surface area contributed by atoms with Crippen molar-refractivity contribution in [3.05, 3.63) is 71.3 Å². The third-order valence-corrected chi connectivity index (χ3v) is 5.63. The SMILES string of the molecule is C[N+](C)(Cc1ccc(NC(=O)C=Cc2cccc(C(F)(F)F)c2)cc1)C1CCOCC1. The van der Waals surface area contributed by atoms with Crippen LogP contribution in [-0.2, 0) is 22.3 Å². The summed E-state index contributed by atoms with van der Waals surface area (Å²) < 4.78 is 44.7. The monoisotopic (exact) mass is 433 g/mol. The molecule has 0 unspecified atom stereocenters. The molecule has 1 aliphatic rings. The molecule has 2 aromatic rings. The lowest BCUT2D eigenvalue weighted by Gasteiger charge is -2.40. The second-order valence-corrected chi connectivity index (χ2v) is 8.42. The number of ether oxygens (including phenoxy) is 1. The van der Waals surface area contributed by atoms with Crippen LogP contribution in [0, 0.1) is 0 Å². The van der Waals surface area contributed by atoms with Crippen LogP contribution in [0.25, 0.3) is 6.08 Å². The number of hydrogen-bond acceptors (Lipinski definition) is 2. The van der Waals surface area contributed by atoms with Gasteiger partial charge in [0, 0.05) is 30.2 Å². The van der Waals surface area contributed by atoms with Gasteiger partial charge in [0.25, 0.3) is 0 Å². The lowest BCUT2D eigenvalue weighted by molar-refractivity contribution is -0.929. The Hall–Kier alpha value is -2.64. The van der Waals surface area contributed by atoms with Gasteiger partial charge in [-0.2, -0.15) is 13.2 Å². The summed E-state index contributed by atoms with van der Waals surface area (Å²) in [6.07, 6.45) is 0.298. The van der Waals surface area contributed by atoms with E-state index in [4.69, 9.17) is 4.74 Å². The van der Waals surface area contributed by atoms with Crippen molar-refractivity contribution in [3.63, 3.8) is 0 Å². The summed E-state index contributed by atoms with van der Waals surface area (Å²) in [7, 11) is 4.45. The normalized spacial score (nSPS) is 15.9. The van der Waals surface area contributed by atoms with Crippen molar-refractivity contribution in [1.82, 2.24) is 0 Å². The van der Waals surface area contributed by atoms with E-state index in [1.165, 1.54) is 29.8 Å². The number of rotatable bonds is 6. The van der Waals surface area contributed by atoms with Gasteiger partial charge >= 0.3 is 6.18 Å². The molecule has 7 heteroatoms. The zero-order valence-electron chi connectivity index (χ0n) is 17.8. The molecule has 2 aromatic carbocycles. The smallest absolute Gasteiger partial charge is 0.381 e. The first-order valence-electron chi connectivity index (χ1n) is 10.3. The van der Waals surface area contributed by atoms with Crippen LogP contribution in [0.5, 0.6) is 0 Å². The molecule has 1 aliphatic heterocycles. The van der Waals surface area contributed by atoms with Gasteiger partial charge in [0.1, 0.15) is 6.54 Å². The van der Waals surface area contributed by atoms with E-state index >= 15 is 0 Å². The zero-order valence-corrected chi connectivity index (χ0v) is 17.8. The summed E-state index contributed by atoms with van der Waals surface area (Å²) in [6.45, 7) is 2.50. The average Bonchev–Trinajstić information content (AvgIpc) is 2.74. The van der Waals surface area contributed by atoms with E-state index in [2.05, 4.69) is 19.4 Å². The summed E-state index contributed by atoms with van der Waals surface area (Å²) in [5.41, 5.74) is 1.38. The van der Waals surface area contributed by atoms with Gasteiger partial charge < -0.3 is 14.5 Å². The maximum absolute atomic E-state index is 12.8. The third kappa shape index (κ3) is 6.67. The van der Waals surface area contributed by atoms with E-state index in [-0.39, 0.29) is 0 Å².